The summed E-state index contributed by atoms with van der Waals surface area (Å²) in [7, 11) is 1.48. The van der Waals surface area contributed by atoms with Crippen molar-refractivity contribution in [3.05, 3.63) is 53.9 Å². The normalized spacial score (nSPS) is 12.1. The van der Waals surface area contributed by atoms with E-state index >= 15 is 0 Å². The molecule has 0 saturated carbocycles. The number of benzene rings is 1. The highest BCUT2D eigenvalue weighted by atomic mass is 19.1. The predicted molar refractivity (Wildman–Crippen MR) is 108 cm³/mol. The monoisotopic (exact) mass is 416 g/mol. The summed E-state index contributed by atoms with van der Waals surface area (Å²) in [5, 5.41) is 12.3. The molecule has 30 heavy (non-hydrogen) atoms. The molecule has 1 aromatic carbocycles. The molecule has 3 aromatic rings. The Morgan fingerprint density at radius 2 is 1.90 bits per heavy atom. The van der Waals surface area contributed by atoms with Crippen LogP contribution in [0.1, 0.15) is 31.7 Å². The number of pyridine rings is 2. The van der Waals surface area contributed by atoms with Gasteiger partial charge in [-0.25, -0.2) is 19.2 Å². The maximum Gasteiger partial charge on any atom is 0.250 e. The second kappa shape index (κ2) is 9.00. The van der Waals surface area contributed by atoms with E-state index in [1.807, 2.05) is 13.8 Å². The molecule has 0 spiro atoms. The van der Waals surface area contributed by atoms with Crippen LogP contribution < -0.4 is 15.5 Å². The van der Waals surface area contributed by atoms with E-state index in [-0.39, 0.29) is 17.2 Å². The molecule has 1 amide bonds. The van der Waals surface area contributed by atoms with E-state index < -0.39 is 23.5 Å². The van der Waals surface area contributed by atoms with Crippen molar-refractivity contribution in [1.29, 1.82) is 0 Å². The van der Waals surface area contributed by atoms with Gasteiger partial charge in [-0.15, -0.1) is 0 Å². The van der Waals surface area contributed by atoms with Gasteiger partial charge in [0.05, 0.1) is 24.2 Å². The molecule has 0 aliphatic heterocycles. The minimum atomic E-state index is -0.883. The van der Waals surface area contributed by atoms with E-state index in [1.54, 1.807) is 17.6 Å². The van der Waals surface area contributed by atoms with Gasteiger partial charge in [-0.05, 0) is 36.1 Å². The summed E-state index contributed by atoms with van der Waals surface area (Å²) in [5.41, 5.74) is 2.30. The predicted octanol–water partition coefficient (Wildman–Crippen LogP) is 4.30. The molecule has 2 aromatic heterocycles. The molecule has 1 atom stereocenters. The Morgan fingerprint density at radius 3 is 2.50 bits per heavy atom. The van der Waals surface area contributed by atoms with Crippen molar-refractivity contribution in [3.8, 4) is 5.88 Å². The Labute approximate surface area is 172 Å². The minimum Gasteiger partial charge on any atom is -0.481 e. The minimum absolute atomic E-state index is 0.0731. The van der Waals surface area contributed by atoms with Crippen LogP contribution in [0.3, 0.4) is 0 Å². The maximum atomic E-state index is 14.8. The van der Waals surface area contributed by atoms with E-state index in [0.717, 1.165) is 12.1 Å². The van der Waals surface area contributed by atoms with Gasteiger partial charge in [0, 0.05) is 23.8 Å². The highest BCUT2D eigenvalue weighted by Gasteiger charge is 2.24. The number of nitrogens with one attached hydrogen (secondary N) is 2. The van der Waals surface area contributed by atoms with Gasteiger partial charge in [0.25, 0.3) is 5.91 Å². The number of nitrogens with zero attached hydrogens (tertiary/aromatic N) is 2. The Hall–Kier alpha value is -3.33. The summed E-state index contributed by atoms with van der Waals surface area (Å²) in [4.78, 5) is 20.3. The van der Waals surface area contributed by atoms with Crippen molar-refractivity contribution in [2.75, 3.05) is 12.4 Å². The number of rotatable bonds is 7. The third-order valence-corrected chi connectivity index (χ3v) is 4.67. The zero-order valence-corrected chi connectivity index (χ0v) is 16.7. The van der Waals surface area contributed by atoms with Crippen LogP contribution in [-0.2, 0) is 4.79 Å². The first-order chi connectivity index (χ1) is 14.3. The lowest BCUT2D eigenvalue weighted by Gasteiger charge is -2.19. The first-order valence-corrected chi connectivity index (χ1v) is 9.32. The Morgan fingerprint density at radius 1 is 1.20 bits per heavy atom. The van der Waals surface area contributed by atoms with Crippen LogP contribution in [0.15, 0.2) is 36.7 Å². The van der Waals surface area contributed by atoms with Gasteiger partial charge in [0.1, 0.15) is 17.3 Å². The molecule has 0 aliphatic rings. The number of amides is 1. The zero-order chi connectivity index (χ0) is 21.8. The Kier molecular flexibility index (Phi) is 6.41. The summed E-state index contributed by atoms with van der Waals surface area (Å²) in [6.45, 7) is 3.75. The average Bonchev–Trinajstić information content (AvgIpc) is 2.73. The molecule has 9 heteroatoms. The lowest BCUT2D eigenvalue weighted by molar-refractivity contribution is -0.131. The molecular weight excluding hydrogens is 394 g/mol. The summed E-state index contributed by atoms with van der Waals surface area (Å²) < 4.78 is 34.7. The van der Waals surface area contributed by atoms with E-state index in [9.17, 15) is 13.6 Å². The van der Waals surface area contributed by atoms with Crippen LogP contribution in [0.2, 0.25) is 0 Å². The number of ether oxygens (including phenoxy) is 1. The number of methoxy groups -OCH3 is 1. The van der Waals surface area contributed by atoms with Gasteiger partial charge >= 0.3 is 0 Å². The Bertz CT molecular complexity index is 1050. The number of anilines is 2. The lowest BCUT2D eigenvalue weighted by Crippen LogP contribution is -2.27. The van der Waals surface area contributed by atoms with Gasteiger partial charge in [0.2, 0.25) is 5.88 Å². The summed E-state index contributed by atoms with van der Waals surface area (Å²) in [6.07, 6.45) is 3.32. The average molecular weight is 416 g/mol. The number of halogens is 2. The van der Waals surface area contributed by atoms with Crippen LogP contribution in [0.25, 0.3) is 10.9 Å². The smallest absolute Gasteiger partial charge is 0.250 e. The fourth-order valence-electron chi connectivity index (χ4n) is 3.23. The zero-order valence-electron chi connectivity index (χ0n) is 16.7. The molecule has 158 valence electrons. The summed E-state index contributed by atoms with van der Waals surface area (Å²) >= 11 is 0. The van der Waals surface area contributed by atoms with Gasteiger partial charge in [0.15, 0.2) is 0 Å². The van der Waals surface area contributed by atoms with Gasteiger partial charge in [-0.2, -0.15) is 0 Å². The first kappa shape index (κ1) is 21.4. The van der Waals surface area contributed by atoms with Crippen LogP contribution in [0.4, 0.5) is 20.2 Å². The first-order valence-electron chi connectivity index (χ1n) is 9.32. The van der Waals surface area contributed by atoms with Crippen molar-refractivity contribution in [3.63, 3.8) is 0 Å². The molecule has 0 fully saturated rings. The standard InChI is InChI=1S/C21H22F2N4O3/c1-11(2)6-13(21(28)27-29)12-7-15(22)20(16(23)8-12)26-17-4-5-24-18-9-19(30-3)25-10-14(17)18/h4-5,7-11,13,29H,6H2,1-3H3,(H,24,26)(H,27,28). The van der Waals surface area contributed by atoms with E-state index in [2.05, 4.69) is 15.3 Å². The molecule has 3 rings (SSSR count). The SMILES string of the molecule is COc1cc2nccc(Nc3c(F)cc(C(CC(C)C)C(=O)NO)cc3F)c2cn1. The van der Waals surface area contributed by atoms with Crippen molar-refractivity contribution >= 4 is 28.2 Å². The summed E-state index contributed by atoms with van der Waals surface area (Å²) in [6, 6.07) is 5.38. The van der Waals surface area contributed by atoms with Crippen molar-refractivity contribution in [1.82, 2.24) is 15.4 Å². The molecule has 0 radical (unpaired) electrons. The number of hydroxylamine groups is 1. The molecule has 7 nitrogen and oxygen atoms in total. The quantitative estimate of drug-likeness (QED) is 0.393. The maximum absolute atomic E-state index is 14.8. The van der Waals surface area contributed by atoms with Crippen LogP contribution in [0, 0.1) is 17.6 Å². The molecule has 0 saturated heterocycles. The number of aromatic nitrogens is 2. The molecular formula is C21H22F2N4O3. The fourth-order valence-corrected chi connectivity index (χ4v) is 3.23. The number of carbonyl (C=O) groups excluding carboxylic acids is 1. The number of carbonyl (C=O) groups is 1. The van der Waals surface area contributed by atoms with Gasteiger partial charge in [-0.3, -0.25) is 15.0 Å². The van der Waals surface area contributed by atoms with Crippen LogP contribution >= 0.6 is 0 Å². The molecule has 2 heterocycles. The number of hydrogen-bond donors (Lipinski definition) is 3. The highest BCUT2D eigenvalue weighted by Crippen LogP contribution is 2.33. The second-order valence-corrected chi connectivity index (χ2v) is 7.25. The largest absolute Gasteiger partial charge is 0.481 e. The highest BCUT2D eigenvalue weighted by molar-refractivity contribution is 5.92. The van der Waals surface area contributed by atoms with E-state index in [0.29, 0.717) is 28.9 Å². The van der Waals surface area contributed by atoms with E-state index in [1.165, 1.54) is 19.5 Å². The number of hydrogen-bond acceptors (Lipinski definition) is 6. The van der Waals surface area contributed by atoms with Gasteiger partial charge in [-0.1, -0.05) is 13.8 Å². The topological polar surface area (TPSA) is 96.4 Å². The molecule has 0 aliphatic carbocycles. The summed E-state index contributed by atoms with van der Waals surface area (Å²) in [5.74, 6) is -2.89. The molecule has 0 bridgehead atoms. The van der Waals surface area contributed by atoms with Crippen LogP contribution in [0.5, 0.6) is 5.88 Å². The van der Waals surface area contributed by atoms with Gasteiger partial charge < -0.3 is 10.1 Å². The third kappa shape index (κ3) is 4.46. The third-order valence-electron chi connectivity index (χ3n) is 4.67. The molecule has 1 unspecified atom stereocenters. The van der Waals surface area contributed by atoms with Crippen molar-refractivity contribution in [2.24, 2.45) is 5.92 Å². The molecule has 3 N–H and O–H groups in total. The van der Waals surface area contributed by atoms with E-state index in [4.69, 9.17) is 9.94 Å². The number of fused-ring (bicyclic) bond motifs is 1. The lowest BCUT2D eigenvalue weighted by atomic mass is 9.89. The Balaban J connectivity index is 1.98. The fraction of sp³-hybridized carbons (Fsp3) is 0.286. The second-order valence-electron chi connectivity index (χ2n) is 7.25. The van der Waals surface area contributed by atoms with Crippen molar-refractivity contribution in [2.45, 2.75) is 26.2 Å². The van der Waals surface area contributed by atoms with Crippen LogP contribution in [-0.4, -0.2) is 28.2 Å². The van der Waals surface area contributed by atoms with Crippen molar-refractivity contribution < 1.29 is 23.5 Å².